The minimum Gasteiger partial charge on any atom is -0.120 e. The van der Waals surface area contributed by atoms with Crippen molar-refractivity contribution in [3.05, 3.63) is 256 Å². The molecular weight excluding hydrogens is 781 g/mol. The monoisotopic (exact) mass is 834 g/mol. The van der Waals surface area contributed by atoms with Crippen LogP contribution >= 0.6 is 0 Å². The van der Waals surface area contributed by atoms with Gasteiger partial charge in [0.2, 0.25) is 0 Å². The van der Waals surface area contributed by atoms with E-state index in [4.69, 9.17) is 13.0 Å². The molecule has 2 aliphatic carbocycles. The molecule has 7 aromatic carbocycles. The van der Waals surface area contributed by atoms with E-state index in [1.807, 2.05) is 19.1 Å². The molecule has 0 unspecified atom stereocenters. The lowest BCUT2D eigenvalue weighted by Crippen LogP contribution is -1.99. The molecule has 2 aliphatic rings. The lowest BCUT2D eigenvalue weighted by molar-refractivity contribution is 0.989. The molecule has 0 heterocycles. The fraction of sp³-hybridized carbons (Fsp3) is 0.108. The van der Waals surface area contributed by atoms with Gasteiger partial charge in [0.25, 0.3) is 0 Å². The molecule has 0 bridgehead atoms. The van der Waals surface area contributed by atoms with E-state index >= 15 is 0 Å². The van der Waals surface area contributed by atoms with Crippen LogP contribution in [0.3, 0.4) is 0 Å². The quantitative estimate of drug-likeness (QED) is 0.0850. The Bertz CT molecular complexity index is 3280. The zero-order valence-electron chi connectivity index (χ0n) is 37.8. The number of fused-ring (bicyclic) bond motifs is 4. The number of hydrogen-bond acceptors (Lipinski definition) is 0. The fourth-order valence-corrected chi connectivity index (χ4v) is 9.59. The van der Waals surface area contributed by atoms with Crippen molar-refractivity contribution in [1.29, 1.82) is 0 Å². The van der Waals surface area contributed by atoms with Crippen molar-refractivity contribution in [2.45, 2.75) is 46.5 Å². The van der Waals surface area contributed by atoms with Crippen LogP contribution in [0.2, 0.25) is 0 Å². The molecule has 0 N–H and O–H groups in total. The van der Waals surface area contributed by atoms with Gasteiger partial charge >= 0.3 is 0 Å². The van der Waals surface area contributed by atoms with Gasteiger partial charge in [-0.05, 0) is 186 Å². The van der Waals surface area contributed by atoms with E-state index in [9.17, 15) is 0 Å². The van der Waals surface area contributed by atoms with Gasteiger partial charge in [-0.1, -0.05) is 183 Å². The summed E-state index contributed by atoms with van der Waals surface area (Å²) < 4.78 is 0. The summed E-state index contributed by atoms with van der Waals surface area (Å²) in [6, 6.07) is 48.7. The summed E-state index contributed by atoms with van der Waals surface area (Å²) in [5.41, 5.74) is 21.4. The second-order valence-corrected chi connectivity index (χ2v) is 17.2. The minimum absolute atomic E-state index is 0.569. The molecule has 0 saturated carbocycles. The number of allylic oxidation sites excluding steroid dienone is 14. The van der Waals surface area contributed by atoms with Gasteiger partial charge in [0.1, 0.15) is 0 Å². The molecule has 7 aromatic rings. The number of benzene rings is 7. The Kier molecular flexibility index (Phi) is 12.4. The second kappa shape index (κ2) is 18.9. The lowest BCUT2D eigenvalue weighted by Gasteiger charge is -2.20. The molecule has 0 radical (unpaired) electrons. The van der Waals surface area contributed by atoms with Crippen LogP contribution < -0.4 is 0 Å². The highest BCUT2D eigenvalue weighted by atomic mass is 14.2. The third kappa shape index (κ3) is 8.80. The van der Waals surface area contributed by atoms with Crippen LogP contribution in [-0.4, -0.2) is 0 Å². The van der Waals surface area contributed by atoms with Crippen molar-refractivity contribution >= 4 is 50.4 Å². The maximum absolute atomic E-state index is 5.89. The standard InChI is InChI=1S/C65H54/c1-7-9-11-21-44(3)52-34-35-55(40-52)65-43-56(51-32-30-50(31-33-51)49-22-12-10-13-23-49)42-64-47(6)57(36-37-61(64)65)62(45(4)38-53-25-15-14-24-48(53)20-8-2)39-46(5)63-41-54-26-16-17-27-58(54)59-28-18-19-29-60(59)63/h2,7,9-15,17-19,21-25,27-39,41-43H,3,5,16,20,26,40H2,1,4,6H3/b9-7-,21-11-,45-38+,62-39-. The highest BCUT2D eigenvalue weighted by Gasteiger charge is 2.20. The Hall–Kier alpha value is -7.72. The van der Waals surface area contributed by atoms with Crippen LogP contribution in [0, 0.1) is 19.3 Å². The number of aryl methyl sites for hydroxylation is 2. The summed E-state index contributed by atoms with van der Waals surface area (Å²) in [4.78, 5) is 0. The summed E-state index contributed by atoms with van der Waals surface area (Å²) in [6.45, 7) is 15.8. The second-order valence-electron chi connectivity index (χ2n) is 17.2. The Morgan fingerprint density at radius 2 is 1.42 bits per heavy atom. The largest absolute Gasteiger partial charge is 0.120 e. The molecular formula is C65H54. The molecule has 0 aliphatic heterocycles. The average molecular weight is 835 g/mol. The van der Waals surface area contributed by atoms with Crippen molar-refractivity contribution in [2.75, 3.05) is 0 Å². The van der Waals surface area contributed by atoms with Crippen molar-refractivity contribution in [3.8, 4) is 34.6 Å². The molecule has 0 fully saturated rings. The Balaban J connectivity index is 1.22. The lowest BCUT2D eigenvalue weighted by atomic mass is 9.84. The van der Waals surface area contributed by atoms with E-state index in [-0.39, 0.29) is 0 Å². The van der Waals surface area contributed by atoms with E-state index in [0.717, 1.165) is 52.7 Å². The zero-order valence-corrected chi connectivity index (χ0v) is 37.8. The SMILES string of the molecule is C#CCc1ccccc1/C=C(C)/C(=C/C(=C)c1cc2c(c3ccccc13)C=CCC2)c1ccc2c(C3=CC=C(C(=C)/C=C\C=C/C)C3)cc(-c3ccc(-c4ccccc4)cc3)cc2c1C. The van der Waals surface area contributed by atoms with Crippen LogP contribution in [0.25, 0.3) is 72.7 Å². The number of hydrogen-bond donors (Lipinski definition) is 0. The van der Waals surface area contributed by atoms with E-state index in [0.29, 0.717) is 6.42 Å². The van der Waals surface area contributed by atoms with Crippen LogP contribution in [-0.2, 0) is 12.8 Å². The fourth-order valence-electron chi connectivity index (χ4n) is 9.59. The van der Waals surface area contributed by atoms with Gasteiger partial charge in [-0.3, -0.25) is 0 Å². The van der Waals surface area contributed by atoms with Gasteiger partial charge in [-0.2, -0.15) is 0 Å². The van der Waals surface area contributed by atoms with Crippen LogP contribution in [0.4, 0.5) is 0 Å². The molecule has 0 saturated heterocycles. The predicted molar refractivity (Wildman–Crippen MR) is 284 cm³/mol. The summed E-state index contributed by atoms with van der Waals surface area (Å²) >= 11 is 0. The number of terminal acetylenes is 1. The molecule has 0 atom stereocenters. The topological polar surface area (TPSA) is 0 Å². The van der Waals surface area contributed by atoms with E-state index in [2.05, 4.69) is 208 Å². The van der Waals surface area contributed by atoms with Gasteiger partial charge in [0, 0.05) is 6.42 Å². The van der Waals surface area contributed by atoms with Crippen molar-refractivity contribution in [3.63, 3.8) is 0 Å². The minimum atomic E-state index is 0.569. The molecule has 0 amide bonds. The number of rotatable bonds is 12. The van der Waals surface area contributed by atoms with Gasteiger partial charge in [0.05, 0.1) is 0 Å². The Morgan fingerprint density at radius 1 is 0.692 bits per heavy atom. The zero-order chi connectivity index (χ0) is 44.9. The van der Waals surface area contributed by atoms with E-state index in [1.54, 1.807) is 0 Å². The smallest absolute Gasteiger partial charge is 0.0343 e. The maximum Gasteiger partial charge on any atom is 0.0343 e. The van der Waals surface area contributed by atoms with Crippen molar-refractivity contribution in [1.82, 2.24) is 0 Å². The van der Waals surface area contributed by atoms with Gasteiger partial charge < -0.3 is 0 Å². The molecule has 314 valence electrons. The third-order valence-corrected chi connectivity index (χ3v) is 13.1. The van der Waals surface area contributed by atoms with Gasteiger partial charge in [0.15, 0.2) is 0 Å². The Morgan fingerprint density at radius 3 is 2.20 bits per heavy atom. The molecule has 0 aromatic heterocycles. The van der Waals surface area contributed by atoms with Crippen LogP contribution in [0.1, 0.15) is 71.2 Å². The van der Waals surface area contributed by atoms with Crippen LogP contribution in [0.5, 0.6) is 0 Å². The highest BCUT2D eigenvalue weighted by molar-refractivity contribution is 6.06. The molecule has 9 rings (SSSR count). The van der Waals surface area contributed by atoms with E-state index < -0.39 is 0 Å². The predicted octanol–water partition coefficient (Wildman–Crippen LogP) is 17.4. The van der Waals surface area contributed by atoms with Gasteiger partial charge in [-0.15, -0.1) is 12.3 Å². The summed E-state index contributed by atoms with van der Waals surface area (Å²) in [6.07, 6.45) is 31.4. The average Bonchev–Trinajstić information content (AvgIpc) is 3.85. The molecule has 0 nitrogen and oxygen atoms in total. The summed E-state index contributed by atoms with van der Waals surface area (Å²) in [7, 11) is 0. The van der Waals surface area contributed by atoms with E-state index in [1.165, 1.54) is 88.3 Å². The maximum atomic E-state index is 5.89. The Labute approximate surface area is 386 Å². The molecule has 0 heteroatoms. The first-order chi connectivity index (χ1) is 31.8. The molecule has 0 spiro atoms. The molecule has 65 heavy (non-hydrogen) atoms. The first kappa shape index (κ1) is 42.6. The third-order valence-electron chi connectivity index (χ3n) is 13.1. The van der Waals surface area contributed by atoms with Gasteiger partial charge in [-0.25, -0.2) is 0 Å². The highest BCUT2D eigenvalue weighted by Crippen LogP contribution is 2.43. The van der Waals surface area contributed by atoms with Crippen LogP contribution in [0.15, 0.2) is 212 Å². The van der Waals surface area contributed by atoms with Crippen molar-refractivity contribution in [2.24, 2.45) is 0 Å². The first-order valence-electron chi connectivity index (χ1n) is 22.8. The first-order valence-corrected chi connectivity index (χ1v) is 22.8. The summed E-state index contributed by atoms with van der Waals surface area (Å²) in [5.74, 6) is 2.88. The van der Waals surface area contributed by atoms with Crippen molar-refractivity contribution < 1.29 is 0 Å². The summed E-state index contributed by atoms with van der Waals surface area (Å²) in [5, 5.41) is 4.96. The normalized spacial score (nSPS) is 13.9.